The third kappa shape index (κ3) is 3.98. The number of methoxy groups -OCH3 is 1. The maximum absolute atomic E-state index is 13.6. The summed E-state index contributed by atoms with van der Waals surface area (Å²) in [6, 6.07) is 13.9. The number of thioether (sulfide) groups is 1. The molecule has 0 saturated carbocycles. The lowest BCUT2D eigenvalue weighted by Gasteiger charge is -2.43. The Hall–Kier alpha value is -2.53. The molecule has 0 spiro atoms. The molecule has 2 aromatic carbocycles. The highest BCUT2D eigenvalue weighted by Gasteiger charge is 2.43. The molecule has 2 aromatic heterocycles. The van der Waals surface area contributed by atoms with Crippen LogP contribution in [0.2, 0.25) is 0 Å². The predicted octanol–water partition coefficient (Wildman–Crippen LogP) is 6.68. The number of anilines is 1. The van der Waals surface area contributed by atoms with Gasteiger partial charge in [0.25, 0.3) is 0 Å². The van der Waals surface area contributed by atoms with Crippen molar-refractivity contribution in [3.05, 3.63) is 56.7 Å². The van der Waals surface area contributed by atoms with Crippen LogP contribution in [0.25, 0.3) is 22.5 Å². The normalized spacial score (nSPS) is 13.9. The third-order valence-electron chi connectivity index (χ3n) is 5.82. The molecule has 1 aliphatic heterocycles. The van der Waals surface area contributed by atoms with Crippen LogP contribution in [0.4, 0.5) is 5.69 Å². The first-order chi connectivity index (χ1) is 16.3. The number of ether oxygens (including phenoxy) is 1. The fourth-order valence-electron chi connectivity index (χ4n) is 4.12. The van der Waals surface area contributed by atoms with Crippen LogP contribution in [0.5, 0.6) is 5.75 Å². The van der Waals surface area contributed by atoms with Gasteiger partial charge in [0, 0.05) is 16.7 Å². The van der Waals surface area contributed by atoms with E-state index in [1.165, 1.54) is 17.3 Å². The predicted molar refractivity (Wildman–Crippen MR) is 143 cm³/mol. The molecule has 1 N–H and O–H groups in total. The number of nitrogens with one attached hydrogen (secondary N) is 1. The monoisotopic (exact) mass is 526 g/mol. The molecular formula is C24H22N4O2S4. The van der Waals surface area contributed by atoms with Gasteiger partial charge in [0.15, 0.2) is 5.82 Å². The van der Waals surface area contributed by atoms with E-state index in [0.29, 0.717) is 11.0 Å². The molecule has 3 heterocycles. The average molecular weight is 527 g/mol. The van der Waals surface area contributed by atoms with Crippen LogP contribution in [-0.2, 0) is 10.3 Å². The molecule has 1 aliphatic rings. The van der Waals surface area contributed by atoms with E-state index in [1.807, 2.05) is 54.3 Å². The zero-order chi connectivity index (χ0) is 24.0. The van der Waals surface area contributed by atoms with E-state index in [4.69, 9.17) is 17.0 Å². The average Bonchev–Trinajstić information content (AvgIpc) is 3.45. The molecule has 4 aromatic rings. The summed E-state index contributed by atoms with van der Waals surface area (Å²) in [5.41, 5.74) is 4.44. The Balaban J connectivity index is 1.43. The lowest BCUT2D eigenvalue weighted by Crippen LogP contribution is -2.48. The van der Waals surface area contributed by atoms with Crippen LogP contribution in [0, 0.1) is 10.7 Å². The fraction of sp³-hybridized carbons (Fsp3) is 0.250. The summed E-state index contributed by atoms with van der Waals surface area (Å²) in [5.74, 6) is 1.62. The SMILES string of the molecule is COc1ccc2c(c1)-c1c(ssc1=S)C(C)(C)N2C(=O)CSc1n[nH]c(-c2ccc(C)cc2)n1. The number of rotatable bonds is 5. The number of hydrogen-bond acceptors (Lipinski definition) is 8. The van der Waals surface area contributed by atoms with Gasteiger partial charge in [-0.15, -0.1) is 5.10 Å². The van der Waals surface area contributed by atoms with Gasteiger partial charge in [0.2, 0.25) is 11.1 Å². The second-order valence-corrected chi connectivity index (χ2v) is 12.2. The Bertz CT molecular complexity index is 1440. The molecule has 0 bridgehead atoms. The number of benzene rings is 2. The van der Waals surface area contributed by atoms with E-state index in [-0.39, 0.29) is 11.7 Å². The molecule has 34 heavy (non-hydrogen) atoms. The zero-order valence-corrected chi connectivity index (χ0v) is 22.3. The number of carbonyl (C=O) groups is 1. The molecule has 10 heteroatoms. The van der Waals surface area contributed by atoms with E-state index in [1.54, 1.807) is 27.8 Å². The Morgan fingerprint density at radius 3 is 2.71 bits per heavy atom. The molecular weight excluding hydrogens is 505 g/mol. The number of aromatic nitrogens is 3. The van der Waals surface area contributed by atoms with Crippen molar-refractivity contribution in [1.82, 2.24) is 15.2 Å². The highest BCUT2D eigenvalue weighted by Crippen LogP contribution is 2.53. The van der Waals surface area contributed by atoms with Gasteiger partial charge < -0.3 is 9.64 Å². The Labute approximate surface area is 214 Å². The van der Waals surface area contributed by atoms with Gasteiger partial charge in [-0.25, -0.2) is 4.98 Å². The summed E-state index contributed by atoms with van der Waals surface area (Å²) in [5, 5.41) is 7.82. The van der Waals surface area contributed by atoms with Gasteiger partial charge in [-0.2, -0.15) is 0 Å². The minimum absolute atomic E-state index is 0.0157. The number of fused-ring (bicyclic) bond motifs is 3. The molecule has 5 rings (SSSR count). The van der Waals surface area contributed by atoms with Gasteiger partial charge in [-0.1, -0.05) is 74.5 Å². The molecule has 0 saturated heterocycles. The molecule has 1 amide bonds. The summed E-state index contributed by atoms with van der Waals surface area (Å²) in [6.45, 7) is 6.19. The smallest absolute Gasteiger partial charge is 0.238 e. The van der Waals surface area contributed by atoms with Crippen molar-refractivity contribution in [2.75, 3.05) is 17.8 Å². The highest BCUT2D eigenvalue weighted by atomic mass is 32.9. The van der Waals surface area contributed by atoms with Crippen LogP contribution in [0.3, 0.4) is 0 Å². The van der Waals surface area contributed by atoms with Crippen molar-refractivity contribution < 1.29 is 9.53 Å². The first kappa shape index (κ1) is 23.2. The van der Waals surface area contributed by atoms with Gasteiger partial charge >= 0.3 is 0 Å². The van der Waals surface area contributed by atoms with Crippen molar-refractivity contribution in [2.45, 2.75) is 31.5 Å². The van der Waals surface area contributed by atoms with Gasteiger partial charge in [0.1, 0.15) is 9.57 Å². The number of H-pyrrole nitrogens is 1. The van der Waals surface area contributed by atoms with E-state index < -0.39 is 5.54 Å². The highest BCUT2D eigenvalue weighted by molar-refractivity contribution is 7.99. The van der Waals surface area contributed by atoms with Crippen molar-refractivity contribution >= 4 is 56.3 Å². The number of amides is 1. The van der Waals surface area contributed by atoms with E-state index >= 15 is 0 Å². The zero-order valence-electron chi connectivity index (χ0n) is 19.0. The Kier molecular flexibility index (Phi) is 6.09. The summed E-state index contributed by atoms with van der Waals surface area (Å²) >= 11 is 6.99. The second kappa shape index (κ2) is 8.92. The maximum atomic E-state index is 13.6. The van der Waals surface area contributed by atoms with Crippen molar-refractivity contribution in [2.24, 2.45) is 0 Å². The lowest BCUT2D eigenvalue weighted by atomic mass is 9.87. The van der Waals surface area contributed by atoms with Crippen molar-refractivity contribution in [3.8, 4) is 28.3 Å². The number of nitrogens with zero attached hydrogens (tertiary/aromatic N) is 3. The van der Waals surface area contributed by atoms with Crippen LogP contribution in [0.1, 0.15) is 24.3 Å². The van der Waals surface area contributed by atoms with Gasteiger partial charge in [0.05, 0.1) is 29.0 Å². The fourth-order valence-corrected chi connectivity index (χ4v) is 8.05. The molecule has 0 fully saturated rings. The summed E-state index contributed by atoms with van der Waals surface area (Å²) < 4.78 is 6.30. The summed E-state index contributed by atoms with van der Waals surface area (Å²) in [7, 11) is 4.85. The van der Waals surface area contributed by atoms with E-state index in [0.717, 1.165) is 36.8 Å². The van der Waals surface area contributed by atoms with Crippen LogP contribution in [0.15, 0.2) is 47.6 Å². The van der Waals surface area contributed by atoms with Crippen molar-refractivity contribution in [1.29, 1.82) is 0 Å². The quantitative estimate of drug-likeness (QED) is 0.178. The molecule has 0 atom stereocenters. The lowest BCUT2D eigenvalue weighted by molar-refractivity contribution is -0.117. The molecule has 174 valence electrons. The van der Waals surface area contributed by atoms with Crippen LogP contribution >= 0.6 is 44.7 Å². The number of carbonyl (C=O) groups excluding carboxylic acids is 1. The molecule has 0 aliphatic carbocycles. The Morgan fingerprint density at radius 2 is 1.97 bits per heavy atom. The van der Waals surface area contributed by atoms with Crippen molar-refractivity contribution in [3.63, 3.8) is 0 Å². The first-order valence-electron chi connectivity index (χ1n) is 10.6. The minimum atomic E-state index is -0.529. The molecule has 0 unspecified atom stereocenters. The Morgan fingerprint density at radius 1 is 1.21 bits per heavy atom. The number of hydrogen-bond donors (Lipinski definition) is 1. The summed E-state index contributed by atoms with van der Waals surface area (Å²) in [6.07, 6.45) is 0. The third-order valence-corrected chi connectivity index (χ3v) is 9.99. The van der Waals surface area contributed by atoms with Gasteiger partial charge in [-0.3, -0.25) is 9.89 Å². The molecule has 6 nitrogen and oxygen atoms in total. The van der Waals surface area contributed by atoms with Crippen LogP contribution in [-0.4, -0.2) is 34.0 Å². The van der Waals surface area contributed by atoms with E-state index in [2.05, 4.69) is 29.0 Å². The van der Waals surface area contributed by atoms with Gasteiger partial charge in [-0.05, 0) is 39.0 Å². The van der Waals surface area contributed by atoms with Crippen LogP contribution < -0.4 is 9.64 Å². The van der Waals surface area contributed by atoms with E-state index in [9.17, 15) is 4.79 Å². The minimum Gasteiger partial charge on any atom is -0.497 e. The maximum Gasteiger partial charge on any atom is 0.238 e. The first-order valence-corrected chi connectivity index (χ1v) is 14.1. The standard InChI is InChI=1S/C24H22N4O2S4/c1-13-5-7-14(8-6-13)21-25-23(27-26-21)32-12-18(29)28-17-10-9-15(30-4)11-16(17)19-20(24(28,2)3)33-34-22(19)31/h5-11H,12H2,1-4H3,(H,25,26,27). The largest absolute Gasteiger partial charge is 0.497 e. The number of aromatic amines is 1. The topological polar surface area (TPSA) is 71.1 Å². The number of aryl methyl sites for hydroxylation is 1. The molecule has 0 radical (unpaired) electrons. The summed E-state index contributed by atoms with van der Waals surface area (Å²) in [4.78, 5) is 21.2. The second-order valence-electron chi connectivity index (χ2n) is 8.45.